The number of rotatable bonds is 7. The van der Waals surface area contributed by atoms with Crippen LogP contribution in [0.15, 0.2) is 0 Å². The first kappa shape index (κ1) is 14.7. The van der Waals surface area contributed by atoms with Crippen LogP contribution in [-0.4, -0.2) is 56.3 Å². The number of phosphoric acid groups is 1. The number of carbonyl (C=O) groups excluding carboxylic acids is 1. The van der Waals surface area contributed by atoms with E-state index < -0.39 is 39.0 Å². The summed E-state index contributed by atoms with van der Waals surface area (Å²) in [6, 6.07) is 0. The van der Waals surface area contributed by atoms with Crippen molar-refractivity contribution in [3.63, 3.8) is 0 Å². The number of Topliss-reactive ketones (excluding diaryl/α,β-unsaturated/α-hetero) is 1. The molecule has 15 heavy (non-hydrogen) atoms. The first-order chi connectivity index (χ1) is 6.78. The van der Waals surface area contributed by atoms with Crippen LogP contribution < -0.4 is 0 Å². The van der Waals surface area contributed by atoms with Crippen molar-refractivity contribution in [1.82, 2.24) is 0 Å². The van der Waals surface area contributed by atoms with Gasteiger partial charge in [-0.15, -0.1) is 0 Å². The number of carbonyl (C=O) groups is 1. The Bertz CT molecular complexity index is 248. The zero-order valence-corrected chi connectivity index (χ0v) is 8.58. The molecule has 0 aromatic carbocycles. The van der Waals surface area contributed by atoms with Gasteiger partial charge in [0.05, 0.1) is 6.10 Å². The third-order valence-electron chi connectivity index (χ3n) is 1.49. The van der Waals surface area contributed by atoms with Crippen molar-refractivity contribution in [1.29, 1.82) is 0 Å². The van der Waals surface area contributed by atoms with Gasteiger partial charge in [0.2, 0.25) is 0 Å². The minimum Gasteiger partial charge on any atom is -0.396 e. The van der Waals surface area contributed by atoms with E-state index in [-0.39, 0.29) is 6.42 Å². The fourth-order valence-electron chi connectivity index (χ4n) is 0.738. The standard InChI is InChI=1S/C6H13O8P/c7-2-1-4(8)6(10)5(9)3-14-15(11,12)13/h4,6-8,10H,1-3H2,(H2,11,12,13)/t4-,6-/m1/s1. The van der Waals surface area contributed by atoms with Crippen molar-refractivity contribution in [2.24, 2.45) is 0 Å². The summed E-state index contributed by atoms with van der Waals surface area (Å²) in [5.74, 6) is -1.07. The molecule has 0 saturated heterocycles. The van der Waals surface area contributed by atoms with Gasteiger partial charge in [0.15, 0.2) is 5.78 Å². The lowest BCUT2D eigenvalue weighted by Crippen LogP contribution is -2.36. The molecule has 5 N–H and O–H groups in total. The number of aliphatic hydroxyl groups is 3. The molecule has 0 aliphatic heterocycles. The Labute approximate surface area is 85.4 Å². The Morgan fingerprint density at radius 1 is 1.33 bits per heavy atom. The van der Waals surface area contributed by atoms with Gasteiger partial charge >= 0.3 is 7.82 Å². The molecular weight excluding hydrogens is 231 g/mol. The van der Waals surface area contributed by atoms with Gasteiger partial charge in [-0.2, -0.15) is 0 Å². The number of hydrogen-bond donors (Lipinski definition) is 5. The van der Waals surface area contributed by atoms with Crippen molar-refractivity contribution >= 4 is 13.6 Å². The molecule has 8 nitrogen and oxygen atoms in total. The third-order valence-corrected chi connectivity index (χ3v) is 1.96. The summed E-state index contributed by atoms with van der Waals surface area (Å²) in [5.41, 5.74) is 0. The van der Waals surface area contributed by atoms with E-state index >= 15 is 0 Å². The van der Waals surface area contributed by atoms with E-state index in [0.29, 0.717) is 0 Å². The van der Waals surface area contributed by atoms with Gasteiger partial charge in [-0.1, -0.05) is 0 Å². The van der Waals surface area contributed by atoms with Crippen LogP contribution in [0.2, 0.25) is 0 Å². The van der Waals surface area contributed by atoms with Crippen molar-refractivity contribution in [3.05, 3.63) is 0 Å². The highest BCUT2D eigenvalue weighted by Gasteiger charge is 2.26. The Hall–Kier alpha value is -0.340. The monoisotopic (exact) mass is 244 g/mol. The Balaban J connectivity index is 4.05. The largest absolute Gasteiger partial charge is 0.470 e. The maximum absolute atomic E-state index is 10.9. The lowest BCUT2D eigenvalue weighted by atomic mass is 10.1. The molecule has 9 heteroatoms. The van der Waals surface area contributed by atoms with Crippen molar-refractivity contribution < 1.29 is 39.0 Å². The van der Waals surface area contributed by atoms with Gasteiger partial charge in [-0.25, -0.2) is 4.57 Å². The van der Waals surface area contributed by atoms with E-state index in [1.54, 1.807) is 0 Å². The van der Waals surface area contributed by atoms with E-state index in [2.05, 4.69) is 4.52 Å². The van der Waals surface area contributed by atoms with E-state index in [0.717, 1.165) is 0 Å². The second-order valence-corrected chi connectivity index (χ2v) is 3.99. The number of phosphoric ester groups is 1. The molecule has 2 atom stereocenters. The summed E-state index contributed by atoms with van der Waals surface area (Å²) in [5, 5.41) is 26.5. The molecule has 0 aromatic rings. The molecule has 90 valence electrons. The lowest BCUT2D eigenvalue weighted by molar-refractivity contribution is -0.135. The molecule has 0 fully saturated rings. The second kappa shape index (κ2) is 6.29. The number of hydrogen-bond acceptors (Lipinski definition) is 6. The van der Waals surface area contributed by atoms with E-state index in [4.69, 9.17) is 25.1 Å². The first-order valence-electron chi connectivity index (χ1n) is 3.97. The minimum absolute atomic E-state index is 0.219. The summed E-state index contributed by atoms with van der Waals surface area (Å²) in [4.78, 5) is 27.4. The molecule has 0 saturated carbocycles. The zero-order chi connectivity index (χ0) is 12.1. The smallest absolute Gasteiger partial charge is 0.396 e. The molecule has 0 radical (unpaired) electrons. The summed E-state index contributed by atoms with van der Waals surface area (Å²) in [7, 11) is -4.77. The fraction of sp³-hybridized carbons (Fsp3) is 0.833. The highest BCUT2D eigenvalue weighted by molar-refractivity contribution is 7.46. The molecular formula is C6H13O8P. The van der Waals surface area contributed by atoms with Crippen LogP contribution in [-0.2, 0) is 13.9 Å². The molecule has 0 spiro atoms. The van der Waals surface area contributed by atoms with Crippen molar-refractivity contribution in [3.8, 4) is 0 Å². The highest BCUT2D eigenvalue weighted by Crippen LogP contribution is 2.35. The topological polar surface area (TPSA) is 145 Å². The SMILES string of the molecule is O=C(COP(=O)(O)O)[C@H](O)[C@H](O)CCO. The second-order valence-electron chi connectivity index (χ2n) is 2.75. The van der Waals surface area contributed by atoms with Crippen LogP contribution in [0.5, 0.6) is 0 Å². The Kier molecular flexibility index (Phi) is 6.15. The molecule has 0 aromatic heterocycles. The van der Waals surface area contributed by atoms with Crippen LogP contribution in [0.3, 0.4) is 0 Å². The Morgan fingerprint density at radius 2 is 1.87 bits per heavy atom. The zero-order valence-electron chi connectivity index (χ0n) is 7.68. The third kappa shape index (κ3) is 6.69. The van der Waals surface area contributed by atoms with Crippen molar-refractivity contribution in [2.75, 3.05) is 13.2 Å². The van der Waals surface area contributed by atoms with Gasteiger partial charge in [0, 0.05) is 6.61 Å². The van der Waals surface area contributed by atoms with Crippen LogP contribution in [0.1, 0.15) is 6.42 Å². The van der Waals surface area contributed by atoms with Gasteiger partial charge < -0.3 is 25.1 Å². The van der Waals surface area contributed by atoms with Crippen LogP contribution in [0.25, 0.3) is 0 Å². The van der Waals surface area contributed by atoms with Gasteiger partial charge in [-0.3, -0.25) is 9.32 Å². The molecule has 0 aliphatic rings. The summed E-state index contributed by atoms with van der Waals surface area (Å²) in [6.07, 6.45) is -3.53. The normalized spacial score (nSPS) is 16.1. The fourth-order valence-corrected chi connectivity index (χ4v) is 1.03. The van der Waals surface area contributed by atoms with Crippen molar-refractivity contribution in [2.45, 2.75) is 18.6 Å². The van der Waals surface area contributed by atoms with Crippen LogP contribution >= 0.6 is 7.82 Å². The van der Waals surface area contributed by atoms with Crippen LogP contribution in [0, 0.1) is 0 Å². The lowest BCUT2D eigenvalue weighted by Gasteiger charge is -2.15. The van der Waals surface area contributed by atoms with E-state index in [9.17, 15) is 9.36 Å². The predicted octanol–water partition coefficient (Wildman–Crippen LogP) is -2.23. The maximum Gasteiger partial charge on any atom is 0.470 e. The summed E-state index contributed by atoms with van der Waals surface area (Å²) < 4.78 is 14.0. The quantitative estimate of drug-likeness (QED) is 0.316. The Morgan fingerprint density at radius 3 is 2.27 bits per heavy atom. The minimum atomic E-state index is -4.77. The molecule has 0 rings (SSSR count). The molecule has 0 unspecified atom stereocenters. The average Bonchev–Trinajstić information content (AvgIpc) is 2.12. The summed E-state index contributed by atoms with van der Waals surface area (Å²) >= 11 is 0. The predicted molar refractivity (Wildman–Crippen MR) is 46.7 cm³/mol. The van der Waals surface area contributed by atoms with Gasteiger partial charge in [0.25, 0.3) is 0 Å². The first-order valence-corrected chi connectivity index (χ1v) is 5.50. The summed E-state index contributed by atoms with van der Waals surface area (Å²) in [6.45, 7) is -1.43. The average molecular weight is 244 g/mol. The number of aliphatic hydroxyl groups excluding tert-OH is 3. The maximum atomic E-state index is 10.9. The number of ketones is 1. The van der Waals surface area contributed by atoms with E-state index in [1.165, 1.54) is 0 Å². The molecule has 0 aliphatic carbocycles. The molecule has 0 heterocycles. The van der Waals surface area contributed by atoms with Gasteiger partial charge in [-0.05, 0) is 6.42 Å². The van der Waals surface area contributed by atoms with Crippen LogP contribution in [0.4, 0.5) is 0 Å². The van der Waals surface area contributed by atoms with Gasteiger partial charge in [0.1, 0.15) is 12.7 Å². The molecule has 0 bridgehead atoms. The highest BCUT2D eigenvalue weighted by atomic mass is 31.2. The van der Waals surface area contributed by atoms with E-state index in [1.807, 2.05) is 0 Å². The molecule has 0 amide bonds.